The second-order valence-corrected chi connectivity index (χ2v) is 5.47. The van der Waals surface area contributed by atoms with E-state index in [1.807, 2.05) is 6.07 Å². The van der Waals surface area contributed by atoms with Crippen LogP contribution in [0.1, 0.15) is 38.3 Å². The molecule has 0 aliphatic carbocycles. The zero-order valence-electron chi connectivity index (χ0n) is 10.7. The van der Waals surface area contributed by atoms with Crippen molar-refractivity contribution in [1.82, 2.24) is 0 Å². The molecule has 0 amide bonds. The summed E-state index contributed by atoms with van der Waals surface area (Å²) in [6.07, 6.45) is 0.906. The number of allylic oxidation sites excluding steroid dienone is 2. The van der Waals surface area contributed by atoms with Crippen molar-refractivity contribution in [2.24, 2.45) is 0 Å². The molecule has 0 radical (unpaired) electrons. The third-order valence-corrected chi connectivity index (χ3v) is 3.94. The van der Waals surface area contributed by atoms with Gasteiger partial charge < -0.3 is 5.32 Å². The van der Waals surface area contributed by atoms with Crippen LogP contribution in [0.2, 0.25) is 5.02 Å². The average Bonchev–Trinajstić information content (AvgIpc) is 2.49. The summed E-state index contributed by atoms with van der Waals surface area (Å²) < 4.78 is 0. The molecule has 1 heterocycles. The number of halogens is 1. The second-order valence-electron chi connectivity index (χ2n) is 5.06. The van der Waals surface area contributed by atoms with Crippen LogP contribution in [0.15, 0.2) is 31.0 Å². The lowest BCUT2D eigenvalue weighted by molar-refractivity contribution is 0.656. The number of hydrogen-bond acceptors (Lipinski definition) is 1. The molecule has 0 spiro atoms. The van der Waals surface area contributed by atoms with E-state index in [0.717, 1.165) is 34.0 Å². The SMILES string of the molecule is C=C(CC)c1cc2c(cc1Cl)C(C)(C)C(=C)N2. The van der Waals surface area contributed by atoms with Gasteiger partial charge >= 0.3 is 0 Å². The first-order chi connectivity index (χ1) is 7.87. The maximum atomic E-state index is 6.34. The fourth-order valence-electron chi connectivity index (χ4n) is 2.14. The Hall–Kier alpha value is -1.21. The fourth-order valence-corrected chi connectivity index (χ4v) is 2.43. The molecule has 1 nitrogen and oxygen atoms in total. The highest BCUT2D eigenvalue weighted by atomic mass is 35.5. The van der Waals surface area contributed by atoms with Crippen LogP contribution >= 0.6 is 11.6 Å². The Kier molecular flexibility index (Phi) is 2.82. The number of fused-ring (bicyclic) bond motifs is 1. The standard InChI is InChI=1S/C15H18ClN/c1-6-9(2)11-7-14-12(8-13(11)16)15(4,5)10(3)17-14/h7-8,17H,2-3,6H2,1,4-5H3. The van der Waals surface area contributed by atoms with Crippen LogP contribution in [-0.2, 0) is 5.41 Å². The van der Waals surface area contributed by atoms with E-state index in [2.05, 4.69) is 45.3 Å². The van der Waals surface area contributed by atoms with E-state index in [0.29, 0.717) is 0 Å². The predicted molar refractivity (Wildman–Crippen MR) is 76.6 cm³/mol. The highest BCUT2D eigenvalue weighted by molar-refractivity contribution is 6.32. The van der Waals surface area contributed by atoms with E-state index in [1.54, 1.807) is 0 Å². The van der Waals surface area contributed by atoms with Crippen molar-refractivity contribution in [2.45, 2.75) is 32.6 Å². The third kappa shape index (κ3) is 1.79. The molecular formula is C15H18ClN. The minimum absolute atomic E-state index is 0.0644. The molecule has 1 N–H and O–H groups in total. The number of rotatable bonds is 2. The second kappa shape index (κ2) is 3.92. The summed E-state index contributed by atoms with van der Waals surface area (Å²) in [4.78, 5) is 0. The normalized spacial score (nSPS) is 16.6. The maximum Gasteiger partial charge on any atom is 0.0485 e. The molecule has 0 fully saturated rings. The van der Waals surface area contributed by atoms with Crippen LogP contribution in [0.3, 0.4) is 0 Å². The average molecular weight is 248 g/mol. The molecule has 17 heavy (non-hydrogen) atoms. The van der Waals surface area contributed by atoms with Crippen LogP contribution in [0, 0.1) is 0 Å². The Bertz CT molecular complexity index is 512. The lowest BCUT2D eigenvalue weighted by Crippen LogP contribution is -2.15. The number of hydrogen-bond donors (Lipinski definition) is 1. The molecule has 2 heteroatoms. The van der Waals surface area contributed by atoms with Gasteiger partial charge in [-0.25, -0.2) is 0 Å². The molecular weight excluding hydrogens is 230 g/mol. The van der Waals surface area contributed by atoms with Gasteiger partial charge in [-0.15, -0.1) is 0 Å². The van der Waals surface area contributed by atoms with Crippen LogP contribution in [0.25, 0.3) is 5.57 Å². The van der Waals surface area contributed by atoms with Gasteiger partial charge in [-0.1, -0.05) is 45.5 Å². The number of nitrogens with one attached hydrogen (secondary N) is 1. The minimum atomic E-state index is -0.0644. The quantitative estimate of drug-likeness (QED) is 0.777. The molecule has 1 aromatic rings. The van der Waals surface area contributed by atoms with Gasteiger partial charge in [-0.05, 0) is 35.3 Å². The highest BCUT2D eigenvalue weighted by Crippen LogP contribution is 2.45. The molecule has 2 rings (SSSR count). The smallest absolute Gasteiger partial charge is 0.0485 e. The highest BCUT2D eigenvalue weighted by Gasteiger charge is 2.34. The Balaban J connectivity index is 2.59. The fraction of sp³-hybridized carbons (Fsp3) is 0.333. The van der Waals surface area contributed by atoms with E-state index < -0.39 is 0 Å². The molecule has 1 aliphatic rings. The van der Waals surface area contributed by atoms with Gasteiger partial charge in [0.05, 0.1) is 0 Å². The third-order valence-electron chi connectivity index (χ3n) is 3.63. The predicted octanol–water partition coefficient (Wildman–Crippen LogP) is 4.98. The summed E-state index contributed by atoms with van der Waals surface area (Å²) in [6.45, 7) is 14.5. The van der Waals surface area contributed by atoms with E-state index in [4.69, 9.17) is 11.6 Å². The first-order valence-corrected chi connectivity index (χ1v) is 6.24. The van der Waals surface area contributed by atoms with Gasteiger partial charge in [0, 0.05) is 21.8 Å². The molecule has 90 valence electrons. The summed E-state index contributed by atoms with van der Waals surface area (Å²) in [6, 6.07) is 4.13. The summed E-state index contributed by atoms with van der Waals surface area (Å²) in [7, 11) is 0. The van der Waals surface area contributed by atoms with Crippen molar-refractivity contribution >= 4 is 22.9 Å². The number of benzene rings is 1. The molecule has 0 unspecified atom stereocenters. The lowest BCUT2D eigenvalue weighted by Gasteiger charge is -2.19. The van der Waals surface area contributed by atoms with Gasteiger partial charge in [0.15, 0.2) is 0 Å². The van der Waals surface area contributed by atoms with Crippen LogP contribution in [0.5, 0.6) is 0 Å². The first kappa shape index (κ1) is 12.3. The van der Waals surface area contributed by atoms with Crippen molar-refractivity contribution in [1.29, 1.82) is 0 Å². The topological polar surface area (TPSA) is 12.0 Å². The van der Waals surface area contributed by atoms with Gasteiger partial charge in [0.25, 0.3) is 0 Å². The van der Waals surface area contributed by atoms with Gasteiger partial charge in [0.2, 0.25) is 0 Å². The van der Waals surface area contributed by atoms with E-state index >= 15 is 0 Å². The Morgan fingerprint density at radius 2 is 2.06 bits per heavy atom. The molecule has 1 aliphatic heterocycles. The lowest BCUT2D eigenvalue weighted by atomic mass is 9.84. The summed E-state index contributed by atoms with van der Waals surface area (Å²) >= 11 is 6.34. The summed E-state index contributed by atoms with van der Waals surface area (Å²) in [5, 5.41) is 4.12. The maximum absolute atomic E-state index is 6.34. The molecule has 0 saturated heterocycles. The van der Waals surface area contributed by atoms with Crippen LogP contribution in [0.4, 0.5) is 5.69 Å². The Morgan fingerprint density at radius 3 is 2.65 bits per heavy atom. The van der Waals surface area contributed by atoms with Crippen molar-refractivity contribution < 1.29 is 0 Å². The minimum Gasteiger partial charge on any atom is -0.358 e. The molecule has 1 aromatic carbocycles. The van der Waals surface area contributed by atoms with Crippen molar-refractivity contribution in [3.05, 3.63) is 47.1 Å². The van der Waals surface area contributed by atoms with Crippen molar-refractivity contribution in [3.8, 4) is 0 Å². The van der Waals surface area contributed by atoms with E-state index in [9.17, 15) is 0 Å². The zero-order chi connectivity index (χ0) is 12.8. The Morgan fingerprint density at radius 1 is 1.41 bits per heavy atom. The first-order valence-electron chi connectivity index (χ1n) is 5.86. The molecule has 0 bridgehead atoms. The molecule has 0 atom stereocenters. The van der Waals surface area contributed by atoms with Crippen molar-refractivity contribution in [3.63, 3.8) is 0 Å². The molecule has 0 saturated carbocycles. The summed E-state index contributed by atoms with van der Waals surface area (Å²) in [5.41, 5.74) is 5.36. The van der Waals surface area contributed by atoms with Crippen LogP contribution < -0.4 is 5.32 Å². The van der Waals surface area contributed by atoms with Gasteiger partial charge in [0.1, 0.15) is 0 Å². The largest absolute Gasteiger partial charge is 0.358 e. The van der Waals surface area contributed by atoms with E-state index in [1.165, 1.54) is 5.56 Å². The van der Waals surface area contributed by atoms with Crippen LogP contribution in [-0.4, -0.2) is 0 Å². The summed E-state index contributed by atoms with van der Waals surface area (Å²) in [5.74, 6) is 0. The van der Waals surface area contributed by atoms with Gasteiger partial charge in [-0.2, -0.15) is 0 Å². The van der Waals surface area contributed by atoms with E-state index in [-0.39, 0.29) is 5.41 Å². The molecule has 0 aromatic heterocycles. The number of anilines is 1. The monoisotopic (exact) mass is 247 g/mol. The zero-order valence-corrected chi connectivity index (χ0v) is 11.4. The van der Waals surface area contributed by atoms with Gasteiger partial charge in [-0.3, -0.25) is 0 Å². The van der Waals surface area contributed by atoms with Crippen molar-refractivity contribution in [2.75, 3.05) is 5.32 Å². The Labute approximate surface area is 108 Å².